The quantitative estimate of drug-likeness (QED) is 0.723. The molecule has 1 fully saturated rings. The van der Waals surface area contributed by atoms with E-state index in [1.807, 2.05) is 22.6 Å². The molecule has 0 atom stereocenters. The maximum Gasteiger partial charge on any atom is 0.170 e. The third kappa shape index (κ3) is 1.78. The van der Waals surface area contributed by atoms with Crippen LogP contribution in [0.5, 0.6) is 0 Å². The van der Waals surface area contributed by atoms with Crippen LogP contribution in [0.4, 0.5) is 5.82 Å². The number of ether oxygens (including phenoxy) is 1. The Labute approximate surface area is 98.6 Å². The van der Waals surface area contributed by atoms with E-state index in [1.165, 1.54) is 0 Å². The molecule has 5 nitrogen and oxygen atoms in total. The minimum absolute atomic E-state index is 0.464. The smallest absolute Gasteiger partial charge is 0.170 e. The number of nitrogens with zero attached hydrogens (tertiary/aromatic N) is 3. The lowest BCUT2D eigenvalue weighted by atomic mass is 10.3. The molecular weight excluding hydrogens is 218 g/mol. The van der Waals surface area contributed by atoms with Crippen LogP contribution >= 0.6 is 0 Å². The summed E-state index contributed by atoms with van der Waals surface area (Å²) in [7, 11) is 0. The monoisotopic (exact) mass is 231 g/mol. The van der Waals surface area contributed by atoms with Crippen LogP contribution in [0.15, 0.2) is 24.4 Å². The maximum absolute atomic E-state index is 10.8. The highest BCUT2D eigenvalue weighted by Gasteiger charge is 2.14. The van der Waals surface area contributed by atoms with Crippen molar-refractivity contribution in [3.05, 3.63) is 30.1 Å². The van der Waals surface area contributed by atoms with Crippen molar-refractivity contribution < 1.29 is 9.53 Å². The van der Waals surface area contributed by atoms with Gasteiger partial charge in [-0.1, -0.05) is 6.07 Å². The number of hydrogen-bond donors (Lipinski definition) is 0. The van der Waals surface area contributed by atoms with E-state index in [4.69, 9.17) is 4.74 Å². The Morgan fingerprint density at radius 3 is 2.88 bits per heavy atom. The van der Waals surface area contributed by atoms with Gasteiger partial charge in [0.2, 0.25) is 0 Å². The number of rotatable bonds is 2. The van der Waals surface area contributed by atoms with Gasteiger partial charge in [0.05, 0.1) is 13.2 Å². The van der Waals surface area contributed by atoms with E-state index in [2.05, 4.69) is 9.88 Å². The van der Waals surface area contributed by atoms with E-state index in [9.17, 15) is 4.79 Å². The topological polar surface area (TPSA) is 46.8 Å². The van der Waals surface area contributed by atoms with Crippen molar-refractivity contribution >= 4 is 17.8 Å². The van der Waals surface area contributed by atoms with Gasteiger partial charge in [-0.15, -0.1) is 0 Å². The van der Waals surface area contributed by atoms with Crippen LogP contribution in [0, 0.1) is 0 Å². The largest absolute Gasteiger partial charge is 0.378 e. The number of pyridine rings is 1. The summed E-state index contributed by atoms with van der Waals surface area (Å²) in [4.78, 5) is 17.2. The van der Waals surface area contributed by atoms with E-state index in [1.54, 1.807) is 6.20 Å². The maximum atomic E-state index is 10.8. The Bertz CT molecular complexity index is 544. The summed E-state index contributed by atoms with van der Waals surface area (Å²) in [5.74, 6) is 1.06. The molecule has 1 saturated heterocycles. The highest BCUT2D eigenvalue weighted by Crippen LogP contribution is 2.18. The second-order valence-electron chi connectivity index (χ2n) is 4.00. The van der Waals surface area contributed by atoms with Crippen LogP contribution in [0.3, 0.4) is 0 Å². The molecule has 0 unspecified atom stereocenters. The van der Waals surface area contributed by atoms with Crippen molar-refractivity contribution in [2.24, 2.45) is 0 Å². The molecule has 0 saturated carbocycles. The second-order valence-corrected chi connectivity index (χ2v) is 4.00. The van der Waals surface area contributed by atoms with Gasteiger partial charge < -0.3 is 9.64 Å². The van der Waals surface area contributed by atoms with Gasteiger partial charge in [-0.2, -0.15) is 0 Å². The number of morpholine rings is 1. The lowest BCUT2D eigenvalue weighted by Gasteiger charge is -2.29. The Kier molecular flexibility index (Phi) is 2.53. The summed E-state index contributed by atoms with van der Waals surface area (Å²) in [5.41, 5.74) is 1.27. The number of hydrogen-bond acceptors (Lipinski definition) is 4. The van der Waals surface area contributed by atoms with Crippen molar-refractivity contribution in [3.63, 3.8) is 0 Å². The Morgan fingerprint density at radius 2 is 2.12 bits per heavy atom. The molecular formula is C12H13N3O2. The third-order valence-corrected chi connectivity index (χ3v) is 2.95. The Balaban J connectivity index is 2.08. The van der Waals surface area contributed by atoms with Gasteiger partial charge in [0.25, 0.3) is 0 Å². The first-order valence-corrected chi connectivity index (χ1v) is 5.64. The molecule has 1 aliphatic heterocycles. The molecule has 17 heavy (non-hydrogen) atoms. The van der Waals surface area contributed by atoms with Crippen molar-refractivity contribution in [3.8, 4) is 0 Å². The van der Waals surface area contributed by atoms with Crippen molar-refractivity contribution in [1.29, 1.82) is 0 Å². The van der Waals surface area contributed by atoms with Gasteiger partial charge in [-0.3, -0.25) is 9.20 Å². The van der Waals surface area contributed by atoms with Crippen molar-refractivity contribution in [2.45, 2.75) is 0 Å². The minimum Gasteiger partial charge on any atom is -0.378 e. The summed E-state index contributed by atoms with van der Waals surface area (Å²) in [6.07, 6.45) is 2.54. The van der Waals surface area contributed by atoms with Gasteiger partial charge in [-0.05, 0) is 12.1 Å². The number of imidazole rings is 1. The van der Waals surface area contributed by atoms with E-state index in [0.29, 0.717) is 5.69 Å². The van der Waals surface area contributed by atoms with Crippen molar-refractivity contribution in [2.75, 3.05) is 31.2 Å². The lowest BCUT2D eigenvalue weighted by Crippen LogP contribution is -2.37. The second kappa shape index (κ2) is 4.18. The van der Waals surface area contributed by atoms with Crippen LogP contribution in [0.25, 0.3) is 5.65 Å². The van der Waals surface area contributed by atoms with Gasteiger partial charge in [-0.25, -0.2) is 4.98 Å². The fourth-order valence-electron chi connectivity index (χ4n) is 2.12. The van der Waals surface area contributed by atoms with Crippen LogP contribution in [0.1, 0.15) is 10.5 Å². The zero-order chi connectivity index (χ0) is 11.7. The lowest BCUT2D eigenvalue weighted by molar-refractivity contribution is 0.111. The normalized spacial score (nSPS) is 16.4. The van der Waals surface area contributed by atoms with E-state index < -0.39 is 0 Å². The number of fused-ring (bicyclic) bond motifs is 1. The SMILES string of the molecule is O=Cc1cn2c(N3CCOCC3)cccc2n1. The molecule has 2 aromatic heterocycles. The first-order chi connectivity index (χ1) is 8.38. The van der Waals surface area contributed by atoms with Crippen molar-refractivity contribution in [1.82, 2.24) is 9.38 Å². The predicted molar refractivity (Wildman–Crippen MR) is 63.6 cm³/mol. The summed E-state index contributed by atoms with van der Waals surface area (Å²) < 4.78 is 7.29. The minimum atomic E-state index is 0.464. The van der Waals surface area contributed by atoms with Gasteiger partial charge >= 0.3 is 0 Å². The number of aromatic nitrogens is 2. The number of carbonyl (C=O) groups is 1. The zero-order valence-electron chi connectivity index (χ0n) is 9.37. The number of anilines is 1. The van der Waals surface area contributed by atoms with E-state index in [0.717, 1.165) is 44.1 Å². The molecule has 0 radical (unpaired) electrons. The van der Waals surface area contributed by atoms with Gasteiger partial charge in [0.1, 0.15) is 17.2 Å². The third-order valence-electron chi connectivity index (χ3n) is 2.95. The fraction of sp³-hybridized carbons (Fsp3) is 0.333. The van der Waals surface area contributed by atoms with Crippen LogP contribution in [-0.2, 0) is 4.74 Å². The van der Waals surface area contributed by atoms with Crippen LogP contribution in [-0.4, -0.2) is 42.0 Å². The van der Waals surface area contributed by atoms with Gasteiger partial charge in [0.15, 0.2) is 6.29 Å². The van der Waals surface area contributed by atoms with Gasteiger partial charge in [0, 0.05) is 19.3 Å². The van der Waals surface area contributed by atoms with E-state index >= 15 is 0 Å². The average molecular weight is 231 g/mol. The predicted octanol–water partition coefficient (Wildman–Crippen LogP) is 0.983. The molecule has 0 amide bonds. The Hall–Kier alpha value is -1.88. The van der Waals surface area contributed by atoms with Crippen LogP contribution < -0.4 is 4.90 Å². The van der Waals surface area contributed by atoms with Crippen LogP contribution in [0.2, 0.25) is 0 Å². The zero-order valence-corrected chi connectivity index (χ0v) is 9.37. The molecule has 3 heterocycles. The molecule has 0 N–H and O–H groups in total. The molecule has 1 aliphatic rings. The molecule has 88 valence electrons. The molecule has 3 rings (SSSR count). The molecule has 5 heteroatoms. The average Bonchev–Trinajstić information content (AvgIpc) is 2.82. The first-order valence-electron chi connectivity index (χ1n) is 5.64. The highest BCUT2D eigenvalue weighted by molar-refractivity contribution is 5.74. The fourth-order valence-corrected chi connectivity index (χ4v) is 2.12. The number of carbonyl (C=O) groups excluding carboxylic acids is 1. The molecule has 0 spiro atoms. The molecule has 0 aliphatic carbocycles. The first kappa shape index (κ1) is 10.3. The summed E-state index contributed by atoms with van der Waals surface area (Å²) >= 11 is 0. The number of aldehydes is 1. The summed E-state index contributed by atoms with van der Waals surface area (Å²) in [6.45, 7) is 3.22. The molecule has 0 bridgehead atoms. The van der Waals surface area contributed by atoms with E-state index in [-0.39, 0.29) is 0 Å². The summed E-state index contributed by atoms with van der Waals surface area (Å²) in [5, 5.41) is 0. The summed E-state index contributed by atoms with van der Waals surface area (Å²) in [6, 6.07) is 5.90. The standard InChI is InChI=1S/C12H13N3O2/c16-9-10-8-15-11(13-10)2-1-3-12(15)14-4-6-17-7-5-14/h1-3,8-9H,4-7H2. The molecule has 0 aromatic carbocycles. The molecule has 2 aromatic rings. The Morgan fingerprint density at radius 1 is 1.29 bits per heavy atom. The highest BCUT2D eigenvalue weighted by atomic mass is 16.5.